The van der Waals surface area contributed by atoms with Gasteiger partial charge in [0.05, 0.1) is 6.04 Å². The van der Waals surface area contributed by atoms with E-state index in [-0.39, 0.29) is 11.7 Å². The minimum absolute atomic E-state index is 0.0263. The second kappa shape index (κ2) is 4.11. The second-order valence-electron chi connectivity index (χ2n) is 3.46. The minimum atomic E-state index is -0.392. The maximum atomic E-state index is 11.2. The third-order valence-electron chi connectivity index (χ3n) is 2.11. The number of amides is 1. The average Bonchev–Trinajstić information content (AvgIpc) is 2.86. The van der Waals surface area contributed by atoms with E-state index in [0.717, 1.165) is 12.8 Å². The lowest BCUT2D eigenvalue weighted by Crippen LogP contribution is -2.42. The zero-order valence-corrected chi connectivity index (χ0v) is 7.66. The lowest BCUT2D eigenvalue weighted by molar-refractivity contribution is -0.121. The Hall–Kier alpha value is -1.26. The molecule has 0 bridgehead atoms. The molecule has 13 heavy (non-hydrogen) atoms. The Balaban J connectivity index is 2.25. The molecule has 1 atom stereocenters. The zero-order valence-electron chi connectivity index (χ0n) is 7.66. The molecule has 1 fully saturated rings. The predicted molar refractivity (Wildman–Crippen MR) is 48.4 cm³/mol. The fraction of sp³-hybridized carbons (Fsp3) is 0.750. The fourth-order valence-corrected chi connectivity index (χ4v) is 1.05. The molecule has 1 saturated carbocycles. The topological polar surface area (TPSA) is 87.7 Å². The summed E-state index contributed by atoms with van der Waals surface area (Å²) in [6, 6.07) is -0.392. The molecule has 1 aliphatic rings. The summed E-state index contributed by atoms with van der Waals surface area (Å²) in [5, 5.41) is 13.8. The molecule has 5 nitrogen and oxygen atoms in total. The first-order valence-corrected chi connectivity index (χ1v) is 4.40. The van der Waals surface area contributed by atoms with Gasteiger partial charge in [0.1, 0.15) is 0 Å². The maximum Gasteiger partial charge on any atom is 0.220 e. The molecule has 0 heterocycles. The summed E-state index contributed by atoms with van der Waals surface area (Å²) in [7, 11) is 0. The van der Waals surface area contributed by atoms with Crippen molar-refractivity contribution in [2.24, 2.45) is 16.8 Å². The lowest BCUT2D eigenvalue weighted by atomic mass is 10.2. The van der Waals surface area contributed by atoms with Crippen LogP contribution in [0.25, 0.3) is 0 Å². The summed E-state index contributed by atoms with van der Waals surface area (Å²) in [5.41, 5.74) is 5.30. The number of nitrogens with one attached hydrogen (secondary N) is 1. The fourth-order valence-electron chi connectivity index (χ4n) is 1.05. The van der Waals surface area contributed by atoms with Crippen LogP contribution in [0.2, 0.25) is 0 Å². The van der Waals surface area contributed by atoms with Gasteiger partial charge in [-0.3, -0.25) is 4.79 Å². The molecule has 1 rings (SSSR count). The van der Waals surface area contributed by atoms with Crippen molar-refractivity contribution in [2.45, 2.75) is 32.2 Å². The van der Waals surface area contributed by atoms with Crippen LogP contribution in [0.3, 0.4) is 0 Å². The number of hydrogen-bond donors (Lipinski definition) is 3. The summed E-state index contributed by atoms with van der Waals surface area (Å²) in [5.74, 6) is 0.560. The van der Waals surface area contributed by atoms with E-state index in [1.54, 1.807) is 6.92 Å². The Morgan fingerprint density at radius 2 is 2.38 bits per heavy atom. The highest BCUT2D eigenvalue weighted by Gasteiger charge is 2.25. The van der Waals surface area contributed by atoms with Crippen LogP contribution in [0.1, 0.15) is 26.2 Å². The van der Waals surface area contributed by atoms with Gasteiger partial charge in [-0.25, -0.2) is 0 Å². The first kappa shape index (κ1) is 9.83. The molecule has 0 radical (unpaired) electrons. The highest BCUT2D eigenvalue weighted by Crippen LogP contribution is 2.32. The Bertz CT molecular complexity index is 223. The van der Waals surface area contributed by atoms with E-state index in [0.29, 0.717) is 12.3 Å². The van der Waals surface area contributed by atoms with Crippen LogP contribution in [0, 0.1) is 5.92 Å². The Morgan fingerprint density at radius 1 is 1.77 bits per heavy atom. The Kier molecular flexibility index (Phi) is 3.11. The first-order chi connectivity index (χ1) is 6.13. The van der Waals surface area contributed by atoms with E-state index >= 15 is 0 Å². The third kappa shape index (κ3) is 3.31. The highest BCUT2D eigenvalue weighted by molar-refractivity contribution is 5.89. The molecule has 0 aliphatic heterocycles. The molecule has 74 valence electrons. The van der Waals surface area contributed by atoms with Crippen LogP contribution < -0.4 is 11.1 Å². The quantitative estimate of drug-likeness (QED) is 0.250. The van der Waals surface area contributed by atoms with Gasteiger partial charge in [-0.2, -0.15) is 0 Å². The van der Waals surface area contributed by atoms with Crippen molar-refractivity contribution in [1.82, 2.24) is 5.32 Å². The Morgan fingerprint density at radius 3 is 2.85 bits per heavy atom. The van der Waals surface area contributed by atoms with Gasteiger partial charge in [0, 0.05) is 6.42 Å². The van der Waals surface area contributed by atoms with E-state index < -0.39 is 6.04 Å². The van der Waals surface area contributed by atoms with Crippen molar-refractivity contribution in [3.63, 3.8) is 0 Å². The number of rotatable bonds is 4. The van der Waals surface area contributed by atoms with E-state index in [1.807, 2.05) is 0 Å². The van der Waals surface area contributed by atoms with Crippen LogP contribution in [0.15, 0.2) is 5.16 Å². The summed E-state index contributed by atoms with van der Waals surface area (Å²) in [4.78, 5) is 11.2. The molecule has 0 aromatic carbocycles. The SMILES string of the molecule is CC(NC(=O)CC1CC1)C(N)=NO. The van der Waals surface area contributed by atoms with Gasteiger partial charge in [0.15, 0.2) is 5.84 Å². The Labute approximate surface area is 77.0 Å². The lowest BCUT2D eigenvalue weighted by Gasteiger charge is -2.11. The summed E-state index contributed by atoms with van der Waals surface area (Å²) in [6.07, 6.45) is 2.85. The van der Waals surface area contributed by atoms with E-state index in [2.05, 4.69) is 10.5 Å². The monoisotopic (exact) mass is 185 g/mol. The molecular formula is C8H15N3O2. The van der Waals surface area contributed by atoms with Crippen LogP contribution in [-0.4, -0.2) is 23.0 Å². The number of oxime groups is 1. The van der Waals surface area contributed by atoms with Gasteiger partial charge < -0.3 is 16.3 Å². The normalized spacial score (nSPS) is 19.6. The van der Waals surface area contributed by atoms with Crippen molar-refractivity contribution < 1.29 is 10.0 Å². The second-order valence-corrected chi connectivity index (χ2v) is 3.46. The van der Waals surface area contributed by atoms with Gasteiger partial charge in [-0.15, -0.1) is 0 Å². The molecule has 1 aliphatic carbocycles. The standard InChI is InChI=1S/C8H15N3O2/c1-5(8(9)11-13)10-7(12)4-6-2-3-6/h5-6,13H,2-4H2,1H3,(H2,9,11)(H,10,12). The van der Waals surface area contributed by atoms with Gasteiger partial charge in [-0.05, 0) is 25.7 Å². The van der Waals surface area contributed by atoms with Crippen molar-refractivity contribution in [2.75, 3.05) is 0 Å². The molecule has 1 amide bonds. The maximum absolute atomic E-state index is 11.2. The van der Waals surface area contributed by atoms with E-state index in [9.17, 15) is 4.79 Å². The molecule has 1 unspecified atom stereocenters. The number of nitrogens with zero attached hydrogens (tertiary/aromatic N) is 1. The molecule has 0 saturated heterocycles. The highest BCUT2D eigenvalue weighted by atomic mass is 16.4. The largest absolute Gasteiger partial charge is 0.409 e. The van der Waals surface area contributed by atoms with Gasteiger partial charge in [-0.1, -0.05) is 5.16 Å². The van der Waals surface area contributed by atoms with Crippen molar-refractivity contribution in [3.05, 3.63) is 0 Å². The molecule has 4 N–H and O–H groups in total. The third-order valence-corrected chi connectivity index (χ3v) is 2.11. The van der Waals surface area contributed by atoms with Gasteiger partial charge in [0.2, 0.25) is 5.91 Å². The van der Waals surface area contributed by atoms with Crippen molar-refractivity contribution >= 4 is 11.7 Å². The number of amidine groups is 1. The molecule has 5 heteroatoms. The average molecular weight is 185 g/mol. The number of carbonyl (C=O) groups is 1. The van der Waals surface area contributed by atoms with Gasteiger partial charge >= 0.3 is 0 Å². The molecule has 0 aromatic rings. The van der Waals surface area contributed by atoms with Crippen molar-refractivity contribution in [1.29, 1.82) is 0 Å². The van der Waals surface area contributed by atoms with Crippen LogP contribution in [-0.2, 0) is 4.79 Å². The predicted octanol–water partition coefficient (Wildman–Crippen LogP) is 0.0376. The molecular weight excluding hydrogens is 170 g/mol. The van der Waals surface area contributed by atoms with Gasteiger partial charge in [0.25, 0.3) is 0 Å². The summed E-state index contributed by atoms with van der Waals surface area (Å²) in [6.45, 7) is 1.68. The first-order valence-electron chi connectivity index (χ1n) is 4.40. The van der Waals surface area contributed by atoms with Crippen molar-refractivity contribution in [3.8, 4) is 0 Å². The number of carbonyl (C=O) groups excluding carboxylic acids is 1. The minimum Gasteiger partial charge on any atom is -0.409 e. The number of nitrogens with two attached hydrogens (primary N) is 1. The molecule has 0 aromatic heterocycles. The van der Waals surface area contributed by atoms with Crippen LogP contribution >= 0.6 is 0 Å². The van der Waals surface area contributed by atoms with Crippen LogP contribution in [0.4, 0.5) is 0 Å². The number of hydrogen-bond acceptors (Lipinski definition) is 3. The van der Waals surface area contributed by atoms with E-state index in [4.69, 9.17) is 10.9 Å². The van der Waals surface area contributed by atoms with E-state index in [1.165, 1.54) is 0 Å². The summed E-state index contributed by atoms with van der Waals surface area (Å²) < 4.78 is 0. The smallest absolute Gasteiger partial charge is 0.220 e. The van der Waals surface area contributed by atoms with Crippen LogP contribution in [0.5, 0.6) is 0 Å². The zero-order chi connectivity index (χ0) is 9.84. The summed E-state index contributed by atoms with van der Waals surface area (Å²) >= 11 is 0. The molecule has 0 spiro atoms.